The molecule has 1 aromatic carbocycles. The zero-order chi connectivity index (χ0) is 17.0. The van der Waals surface area contributed by atoms with Gasteiger partial charge < -0.3 is 10.6 Å². The van der Waals surface area contributed by atoms with Gasteiger partial charge in [-0.3, -0.25) is 9.59 Å². The minimum atomic E-state index is -0.773. The lowest BCUT2D eigenvalue weighted by atomic mass is 9.82. The molecule has 1 aromatic rings. The highest BCUT2D eigenvalue weighted by Gasteiger charge is 2.29. The van der Waals surface area contributed by atoms with Crippen molar-refractivity contribution < 1.29 is 9.59 Å². The van der Waals surface area contributed by atoms with Crippen molar-refractivity contribution in [1.29, 1.82) is 5.26 Å². The number of hydrogen-bond acceptors (Lipinski definition) is 3. The van der Waals surface area contributed by atoms with E-state index in [1.807, 2.05) is 19.9 Å². The first-order chi connectivity index (χ1) is 10.0. The van der Waals surface area contributed by atoms with E-state index in [2.05, 4.69) is 31.4 Å². The molecule has 1 rings (SSSR count). The van der Waals surface area contributed by atoms with E-state index in [-0.39, 0.29) is 5.41 Å². The summed E-state index contributed by atoms with van der Waals surface area (Å²) < 4.78 is 0. The molecule has 2 N–H and O–H groups in total. The van der Waals surface area contributed by atoms with Crippen LogP contribution < -0.4 is 10.6 Å². The summed E-state index contributed by atoms with van der Waals surface area (Å²) in [4.78, 5) is 24.0. The molecule has 0 heterocycles. The third-order valence-electron chi connectivity index (χ3n) is 2.93. The molecular formula is C17H23N3O2. The van der Waals surface area contributed by atoms with E-state index in [9.17, 15) is 9.59 Å². The third-order valence-corrected chi connectivity index (χ3v) is 2.93. The lowest BCUT2D eigenvalue weighted by Gasteiger charge is -2.33. The van der Waals surface area contributed by atoms with E-state index in [0.717, 1.165) is 6.42 Å². The van der Waals surface area contributed by atoms with Crippen LogP contribution in [-0.2, 0) is 9.59 Å². The molecule has 0 saturated carbocycles. The van der Waals surface area contributed by atoms with Crippen LogP contribution in [0.3, 0.4) is 0 Å². The zero-order valence-electron chi connectivity index (χ0n) is 13.8. The summed E-state index contributed by atoms with van der Waals surface area (Å²) in [5.41, 5.74) is 0.179. The second-order valence-corrected chi connectivity index (χ2v) is 7.19. The first-order valence-electron chi connectivity index (χ1n) is 7.17. The number of nitrogens with one attached hydrogen (secondary N) is 2. The Morgan fingerprint density at radius 3 is 2.23 bits per heavy atom. The lowest BCUT2D eigenvalue weighted by Crippen LogP contribution is -2.49. The number of nitrogens with zero attached hydrogens (tertiary/aromatic N) is 1. The topological polar surface area (TPSA) is 82.0 Å². The van der Waals surface area contributed by atoms with Gasteiger partial charge in [0.2, 0.25) is 0 Å². The molecule has 0 atom stereocenters. The Hall–Kier alpha value is -2.35. The number of para-hydroxylation sites is 1. The van der Waals surface area contributed by atoms with Gasteiger partial charge in [-0.1, -0.05) is 32.9 Å². The molecule has 5 heteroatoms. The van der Waals surface area contributed by atoms with Crippen molar-refractivity contribution in [1.82, 2.24) is 5.32 Å². The van der Waals surface area contributed by atoms with Crippen molar-refractivity contribution in [3.8, 4) is 6.07 Å². The van der Waals surface area contributed by atoms with Crippen LogP contribution in [0, 0.1) is 16.7 Å². The van der Waals surface area contributed by atoms with E-state index in [1.54, 1.807) is 24.3 Å². The van der Waals surface area contributed by atoms with Crippen molar-refractivity contribution in [3.63, 3.8) is 0 Å². The molecule has 0 aromatic heterocycles. The Kier molecular flexibility index (Phi) is 5.32. The highest BCUT2D eigenvalue weighted by molar-refractivity contribution is 6.39. The van der Waals surface area contributed by atoms with E-state index >= 15 is 0 Å². The van der Waals surface area contributed by atoms with Gasteiger partial charge in [-0.05, 0) is 37.8 Å². The molecule has 5 nitrogen and oxygen atoms in total. The van der Waals surface area contributed by atoms with Crippen LogP contribution in [0.15, 0.2) is 24.3 Å². The van der Waals surface area contributed by atoms with Gasteiger partial charge in [0.05, 0.1) is 11.3 Å². The molecule has 0 radical (unpaired) electrons. The van der Waals surface area contributed by atoms with E-state index < -0.39 is 17.4 Å². The lowest BCUT2D eigenvalue weighted by molar-refractivity contribution is -0.137. The predicted octanol–water partition coefficient (Wildman–Crippen LogP) is 2.83. The van der Waals surface area contributed by atoms with Crippen LogP contribution in [-0.4, -0.2) is 17.4 Å². The smallest absolute Gasteiger partial charge is 0.313 e. The molecule has 0 aliphatic rings. The van der Waals surface area contributed by atoms with Crippen molar-refractivity contribution in [3.05, 3.63) is 29.8 Å². The number of carbonyl (C=O) groups excluding carboxylic acids is 2. The standard InChI is InChI=1S/C17H23N3O2/c1-16(2,3)11-17(4,5)20-15(22)14(21)19-13-9-7-6-8-12(13)10-18/h6-9H,11H2,1-5H3,(H,19,21)(H,20,22). The minimum Gasteiger partial charge on any atom is -0.343 e. The van der Waals surface area contributed by atoms with Crippen molar-refractivity contribution >= 4 is 17.5 Å². The molecule has 0 aliphatic carbocycles. The predicted molar refractivity (Wildman–Crippen MR) is 86.1 cm³/mol. The Bertz CT molecular complexity index is 607. The first-order valence-corrected chi connectivity index (χ1v) is 7.17. The SMILES string of the molecule is CC(C)(C)CC(C)(C)NC(=O)C(=O)Nc1ccccc1C#N. The molecular weight excluding hydrogens is 278 g/mol. The van der Waals surface area contributed by atoms with E-state index in [0.29, 0.717) is 11.3 Å². The van der Waals surface area contributed by atoms with Gasteiger partial charge >= 0.3 is 11.8 Å². The van der Waals surface area contributed by atoms with Crippen molar-refractivity contribution in [2.24, 2.45) is 5.41 Å². The Labute approximate surface area is 131 Å². The quantitative estimate of drug-likeness (QED) is 0.842. The summed E-state index contributed by atoms with van der Waals surface area (Å²) >= 11 is 0. The van der Waals surface area contributed by atoms with Crippen LogP contribution in [0.4, 0.5) is 5.69 Å². The summed E-state index contributed by atoms with van der Waals surface area (Å²) in [6.07, 6.45) is 0.730. The average molecular weight is 301 g/mol. The Morgan fingerprint density at radius 1 is 1.09 bits per heavy atom. The van der Waals surface area contributed by atoms with Crippen LogP contribution in [0.1, 0.15) is 46.6 Å². The zero-order valence-corrected chi connectivity index (χ0v) is 13.8. The maximum absolute atomic E-state index is 12.0. The number of hydrogen-bond donors (Lipinski definition) is 2. The molecule has 0 bridgehead atoms. The van der Waals surface area contributed by atoms with Gasteiger partial charge in [-0.2, -0.15) is 5.26 Å². The summed E-state index contributed by atoms with van der Waals surface area (Å²) in [5.74, 6) is -1.48. The Morgan fingerprint density at radius 2 is 1.68 bits per heavy atom. The number of benzene rings is 1. The summed E-state index contributed by atoms with van der Waals surface area (Å²) in [6.45, 7) is 9.98. The summed E-state index contributed by atoms with van der Waals surface area (Å²) in [5, 5.41) is 14.2. The fourth-order valence-corrected chi connectivity index (χ4v) is 2.60. The fraction of sp³-hybridized carbons (Fsp3) is 0.471. The van der Waals surface area contributed by atoms with Crippen LogP contribution >= 0.6 is 0 Å². The van der Waals surface area contributed by atoms with Gasteiger partial charge in [-0.25, -0.2) is 0 Å². The van der Waals surface area contributed by atoms with Crippen molar-refractivity contribution in [2.75, 3.05) is 5.32 Å². The molecule has 0 fully saturated rings. The monoisotopic (exact) mass is 301 g/mol. The number of amides is 2. The Balaban J connectivity index is 2.74. The molecule has 2 amide bonds. The first kappa shape index (κ1) is 17.7. The van der Waals surface area contributed by atoms with Gasteiger partial charge in [0.15, 0.2) is 0 Å². The fourth-order valence-electron chi connectivity index (χ4n) is 2.60. The molecule has 0 spiro atoms. The largest absolute Gasteiger partial charge is 0.343 e. The molecule has 118 valence electrons. The van der Waals surface area contributed by atoms with Crippen LogP contribution in [0.2, 0.25) is 0 Å². The molecule has 0 aliphatic heterocycles. The highest BCUT2D eigenvalue weighted by atomic mass is 16.2. The van der Waals surface area contributed by atoms with Gasteiger partial charge in [0.1, 0.15) is 6.07 Å². The number of carbonyl (C=O) groups is 2. The number of anilines is 1. The van der Waals surface area contributed by atoms with Gasteiger partial charge in [0.25, 0.3) is 0 Å². The maximum atomic E-state index is 12.0. The second-order valence-electron chi connectivity index (χ2n) is 7.19. The van der Waals surface area contributed by atoms with E-state index in [4.69, 9.17) is 5.26 Å². The minimum absolute atomic E-state index is 0.0284. The maximum Gasteiger partial charge on any atom is 0.313 e. The molecule has 0 saturated heterocycles. The van der Waals surface area contributed by atoms with Gasteiger partial charge in [0, 0.05) is 5.54 Å². The second kappa shape index (κ2) is 6.61. The number of rotatable bonds is 3. The molecule has 0 unspecified atom stereocenters. The van der Waals surface area contributed by atoms with Crippen LogP contribution in [0.25, 0.3) is 0 Å². The number of nitriles is 1. The van der Waals surface area contributed by atoms with Crippen molar-refractivity contribution in [2.45, 2.75) is 46.6 Å². The summed E-state index contributed by atoms with van der Waals surface area (Å²) in [6, 6.07) is 8.53. The molecule has 22 heavy (non-hydrogen) atoms. The van der Waals surface area contributed by atoms with Crippen LogP contribution in [0.5, 0.6) is 0 Å². The normalized spacial score (nSPS) is 11.5. The van der Waals surface area contributed by atoms with Gasteiger partial charge in [-0.15, -0.1) is 0 Å². The van der Waals surface area contributed by atoms with E-state index in [1.165, 1.54) is 0 Å². The highest BCUT2D eigenvalue weighted by Crippen LogP contribution is 2.26. The average Bonchev–Trinajstić information content (AvgIpc) is 2.35. The third kappa shape index (κ3) is 5.57. The summed E-state index contributed by atoms with van der Waals surface area (Å²) in [7, 11) is 0.